The van der Waals surface area contributed by atoms with Crippen molar-refractivity contribution in [3.63, 3.8) is 0 Å². The lowest BCUT2D eigenvalue weighted by Gasteiger charge is -2.23. The van der Waals surface area contributed by atoms with Gasteiger partial charge in [-0.3, -0.25) is 19.4 Å². The second-order valence-corrected chi connectivity index (χ2v) is 7.53. The summed E-state index contributed by atoms with van der Waals surface area (Å²) in [5.74, 6) is -1.64. The quantitative estimate of drug-likeness (QED) is 0.178. The fraction of sp³-hybridized carbons (Fsp3) is 0.261. The molecule has 4 N–H and O–H groups in total. The van der Waals surface area contributed by atoms with Gasteiger partial charge in [0.1, 0.15) is 5.82 Å². The third kappa shape index (κ3) is 15.0. The minimum atomic E-state index is -6.06. The summed E-state index contributed by atoms with van der Waals surface area (Å²) in [6.45, 7) is 1.31. The number of aliphatic carboxylic acids is 1. The van der Waals surface area contributed by atoms with E-state index in [0.717, 1.165) is 25.3 Å². The molecule has 4 rings (SSSR count). The number of hydrogen-bond donors (Lipinski definition) is 4. The summed E-state index contributed by atoms with van der Waals surface area (Å²) in [6.07, 6.45) is -7.00. The van der Waals surface area contributed by atoms with Crippen LogP contribution in [0.3, 0.4) is 0 Å². The molecule has 0 unspecified atom stereocenters. The van der Waals surface area contributed by atoms with Gasteiger partial charge >= 0.3 is 24.5 Å². The third-order valence-corrected chi connectivity index (χ3v) is 4.42. The zero-order chi connectivity index (χ0) is 34.8. The van der Waals surface area contributed by atoms with E-state index in [1.165, 1.54) is 6.20 Å². The first-order valence-corrected chi connectivity index (χ1v) is 11.4. The van der Waals surface area contributed by atoms with E-state index in [-0.39, 0.29) is 18.9 Å². The molecule has 4 heterocycles. The number of amides is 1. The van der Waals surface area contributed by atoms with Crippen molar-refractivity contribution < 1.29 is 74.0 Å². The van der Waals surface area contributed by atoms with Gasteiger partial charge in [0.05, 0.1) is 11.8 Å². The minimum Gasteiger partial charge on any atom is -0.483 e. The first kappa shape index (κ1) is 39.6. The highest BCUT2D eigenvalue weighted by atomic mass is 19.5. The molecule has 0 atom stereocenters. The Bertz CT molecular complexity index is 1380. The van der Waals surface area contributed by atoms with Crippen molar-refractivity contribution in [3.8, 4) is 0 Å². The zero-order valence-corrected chi connectivity index (χ0v) is 22.1. The normalized spacial score (nSPS) is 12.3. The number of nitrogens with one attached hydrogen (secondary N) is 1. The number of nitrogens with zero attached hydrogens (tertiary/aromatic N) is 5. The van der Waals surface area contributed by atoms with Crippen LogP contribution in [0.4, 0.5) is 51.1 Å². The number of carboxylic acid groups (broad SMARTS) is 3. The summed E-state index contributed by atoms with van der Waals surface area (Å²) in [4.78, 5) is 48.3. The fourth-order valence-corrected chi connectivity index (χ4v) is 2.64. The summed E-state index contributed by atoms with van der Waals surface area (Å²) in [5.41, 5.74) is 1.18. The number of aromatic nitrogens is 4. The van der Waals surface area contributed by atoms with E-state index >= 15 is 0 Å². The van der Waals surface area contributed by atoms with E-state index in [1.54, 1.807) is 29.0 Å². The third-order valence-electron chi connectivity index (χ3n) is 4.42. The SMILES string of the molecule is FC(F)(F)C(F)(F)F.O=C(Nc1cn2nc(N3CC=CCC3)ccc2n1)c1cccnc1.O=C(O)C(F)(F)F.O=CO.O=CO. The smallest absolute Gasteiger partial charge is 0.483 e. The maximum Gasteiger partial charge on any atom is 0.490 e. The molecule has 248 valence electrons. The monoisotopic (exact) mass is 664 g/mol. The van der Waals surface area contributed by atoms with Crippen LogP contribution >= 0.6 is 0 Å². The molecule has 3 aromatic rings. The van der Waals surface area contributed by atoms with Crippen LogP contribution in [0.15, 0.2) is 55.0 Å². The molecular weight excluding hydrogens is 643 g/mol. The van der Waals surface area contributed by atoms with E-state index < -0.39 is 24.5 Å². The van der Waals surface area contributed by atoms with Crippen molar-refractivity contribution in [2.24, 2.45) is 0 Å². The average molecular weight is 664 g/mol. The van der Waals surface area contributed by atoms with Crippen molar-refractivity contribution >= 4 is 42.1 Å². The number of carbonyl (C=O) groups excluding carboxylic acids is 1. The topological polar surface area (TPSA) is 187 Å². The van der Waals surface area contributed by atoms with Crippen LogP contribution in [-0.2, 0) is 14.4 Å². The van der Waals surface area contributed by atoms with Gasteiger partial charge in [-0.15, -0.1) is 5.10 Å². The number of rotatable bonds is 3. The molecule has 0 aromatic carbocycles. The lowest BCUT2D eigenvalue weighted by atomic mass is 10.2. The van der Waals surface area contributed by atoms with Crippen LogP contribution in [0.2, 0.25) is 0 Å². The molecule has 3 aromatic heterocycles. The molecule has 45 heavy (non-hydrogen) atoms. The Hall–Kier alpha value is -5.44. The predicted molar refractivity (Wildman–Crippen MR) is 134 cm³/mol. The van der Waals surface area contributed by atoms with E-state index in [0.29, 0.717) is 17.0 Å². The number of halogens is 9. The summed E-state index contributed by atoms with van der Waals surface area (Å²) >= 11 is 0. The molecule has 0 aliphatic carbocycles. The van der Waals surface area contributed by atoms with Crippen molar-refractivity contribution in [3.05, 3.63) is 60.6 Å². The number of pyridine rings is 1. The van der Waals surface area contributed by atoms with Gasteiger partial charge in [-0.05, 0) is 30.7 Å². The van der Waals surface area contributed by atoms with Gasteiger partial charge < -0.3 is 25.5 Å². The van der Waals surface area contributed by atoms with Crippen LogP contribution in [0.25, 0.3) is 5.65 Å². The largest absolute Gasteiger partial charge is 0.490 e. The van der Waals surface area contributed by atoms with Crippen LogP contribution < -0.4 is 10.2 Å². The summed E-state index contributed by atoms with van der Waals surface area (Å²) < 4.78 is 96.0. The van der Waals surface area contributed by atoms with E-state index in [4.69, 9.17) is 29.7 Å². The number of fused-ring (bicyclic) bond motifs is 1. The predicted octanol–water partition coefficient (Wildman–Crippen LogP) is 4.29. The van der Waals surface area contributed by atoms with E-state index in [9.17, 15) is 44.3 Å². The van der Waals surface area contributed by atoms with Crippen LogP contribution in [0.5, 0.6) is 0 Å². The molecule has 1 amide bonds. The first-order valence-electron chi connectivity index (χ1n) is 11.4. The van der Waals surface area contributed by atoms with Crippen molar-refractivity contribution in [2.75, 3.05) is 23.3 Å². The van der Waals surface area contributed by atoms with Crippen LogP contribution in [-0.4, -0.2) is 91.3 Å². The minimum absolute atomic E-state index is 0.243. The highest BCUT2D eigenvalue weighted by Gasteiger charge is 2.58. The van der Waals surface area contributed by atoms with Crippen molar-refractivity contribution in [1.82, 2.24) is 19.6 Å². The maximum atomic E-state index is 12.2. The molecule has 0 saturated carbocycles. The summed E-state index contributed by atoms with van der Waals surface area (Å²) in [6, 6.07) is 7.28. The molecule has 22 heteroatoms. The van der Waals surface area contributed by atoms with Crippen LogP contribution in [0, 0.1) is 0 Å². The molecule has 0 saturated heterocycles. The van der Waals surface area contributed by atoms with Crippen LogP contribution in [0.1, 0.15) is 16.8 Å². The Balaban J connectivity index is 0.000000760. The molecule has 1 aliphatic heterocycles. The summed E-state index contributed by atoms with van der Waals surface area (Å²) in [5, 5.41) is 28.3. The molecule has 0 fully saturated rings. The zero-order valence-electron chi connectivity index (χ0n) is 22.1. The van der Waals surface area contributed by atoms with Crippen molar-refractivity contribution in [2.45, 2.75) is 24.9 Å². The molecule has 13 nitrogen and oxygen atoms in total. The number of hydrogen-bond acceptors (Lipinski definition) is 8. The Labute approximate surface area is 245 Å². The molecule has 1 aliphatic rings. The maximum absolute atomic E-state index is 12.2. The molecule has 0 radical (unpaired) electrons. The van der Waals surface area contributed by atoms with Gasteiger partial charge in [-0.25, -0.2) is 14.3 Å². The van der Waals surface area contributed by atoms with E-state index in [2.05, 4.69) is 37.4 Å². The average Bonchev–Trinajstić information content (AvgIpc) is 3.35. The Morgan fingerprint density at radius 3 is 1.89 bits per heavy atom. The van der Waals surface area contributed by atoms with Gasteiger partial charge in [0.15, 0.2) is 11.5 Å². The van der Waals surface area contributed by atoms with Gasteiger partial charge in [0.25, 0.3) is 18.9 Å². The number of alkyl halides is 9. The number of imidazole rings is 1. The molecular formula is C23H21F9N6O7. The summed E-state index contributed by atoms with van der Waals surface area (Å²) in [7, 11) is 0. The van der Waals surface area contributed by atoms with Crippen molar-refractivity contribution in [1.29, 1.82) is 0 Å². The number of anilines is 2. The number of carbonyl (C=O) groups is 4. The van der Waals surface area contributed by atoms with Gasteiger partial charge in [0.2, 0.25) is 0 Å². The standard InChI is InChI=1S/C17H16N6O.C2F6.C2HF3O2.2CH2O2/c24-17(13-5-4-8-18-11-13)20-14-12-23-15(19-14)6-7-16(21-23)22-9-2-1-3-10-22;3-1(4,5)2(6,7)8;3-2(4,5)1(6)7;2*2-1-3/h1-2,4-8,11-12H,3,9-10H2,(H,20,24);;(H,6,7);2*1H,(H,2,3). The van der Waals surface area contributed by atoms with Gasteiger partial charge in [-0.2, -0.15) is 39.5 Å². The Morgan fingerprint density at radius 2 is 1.47 bits per heavy atom. The molecule has 0 bridgehead atoms. The highest BCUT2D eigenvalue weighted by Crippen LogP contribution is 2.35. The second kappa shape index (κ2) is 18.3. The lowest BCUT2D eigenvalue weighted by Crippen LogP contribution is -2.30. The number of carboxylic acids is 1. The highest BCUT2D eigenvalue weighted by molar-refractivity contribution is 6.03. The fourth-order valence-electron chi connectivity index (χ4n) is 2.64. The van der Waals surface area contributed by atoms with Gasteiger partial charge in [-0.1, -0.05) is 12.2 Å². The Morgan fingerprint density at radius 1 is 0.911 bits per heavy atom. The second-order valence-electron chi connectivity index (χ2n) is 7.53. The van der Waals surface area contributed by atoms with Gasteiger partial charge in [0, 0.05) is 25.5 Å². The molecule has 0 spiro atoms. The Kier molecular flexibility index (Phi) is 16.1. The first-order chi connectivity index (χ1) is 20.8. The van der Waals surface area contributed by atoms with E-state index in [1.807, 2.05) is 12.1 Å². The lowest BCUT2D eigenvalue weighted by molar-refractivity contribution is -0.339.